The largest absolute Gasteiger partial charge is 0.497 e. The SMILES string of the molecule is COc1ccc2c(C(=O)O)c(C)c(=O)n(C)c2c1. The second-order valence-corrected chi connectivity index (χ2v) is 4.05. The quantitative estimate of drug-likeness (QED) is 0.874. The van der Waals surface area contributed by atoms with Crippen LogP contribution in [0.25, 0.3) is 10.9 Å². The first kappa shape index (κ1) is 12.2. The third-order valence-electron chi connectivity index (χ3n) is 3.05. The standard InChI is InChI=1S/C13H13NO4/c1-7-11(13(16)17)9-5-4-8(18-3)6-10(9)14(2)12(7)15/h4-6H,1-3H3,(H,16,17). The smallest absolute Gasteiger partial charge is 0.336 e. The summed E-state index contributed by atoms with van der Waals surface area (Å²) in [5.41, 5.74) is 0.522. The molecule has 0 saturated carbocycles. The fourth-order valence-corrected chi connectivity index (χ4v) is 2.07. The van der Waals surface area contributed by atoms with Gasteiger partial charge in [-0.05, 0) is 19.1 Å². The predicted octanol–water partition coefficient (Wildman–Crippen LogP) is 1.55. The summed E-state index contributed by atoms with van der Waals surface area (Å²) in [5.74, 6) is -0.516. The highest BCUT2D eigenvalue weighted by molar-refractivity contribution is 6.04. The van der Waals surface area contributed by atoms with Gasteiger partial charge in [0, 0.05) is 24.1 Å². The van der Waals surface area contributed by atoms with Crippen molar-refractivity contribution in [3.8, 4) is 5.75 Å². The number of benzene rings is 1. The minimum absolute atomic E-state index is 0.0516. The van der Waals surface area contributed by atoms with E-state index in [2.05, 4.69) is 0 Å². The van der Waals surface area contributed by atoms with Crippen molar-refractivity contribution in [1.82, 2.24) is 4.57 Å². The molecule has 1 heterocycles. The van der Waals surface area contributed by atoms with Crippen molar-refractivity contribution in [3.63, 3.8) is 0 Å². The molecule has 0 unspecified atom stereocenters. The molecule has 0 fully saturated rings. The summed E-state index contributed by atoms with van der Waals surface area (Å²) in [5, 5.41) is 9.76. The number of pyridine rings is 1. The summed E-state index contributed by atoms with van der Waals surface area (Å²) >= 11 is 0. The monoisotopic (exact) mass is 247 g/mol. The van der Waals surface area contributed by atoms with Crippen LogP contribution in [0, 0.1) is 6.92 Å². The van der Waals surface area contributed by atoms with Crippen molar-refractivity contribution in [2.45, 2.75) is 6.92 Å². The first-order chi connectivity index (χ1) is 8.47. The molecule has 0 saturated heterocycles. The number of fused-ring (bicyclic) bond motifs is 1. The lowest BCUT2D eigenvalue weighted by molar-refractivity contribution is 0.0698. The van der Waals surface area contributed by atoms with Gasteiger partial charge in [-0.1, -0.05) is 0 Å². The van der Waals surface area contributed by atoms with Gasteiger partial charge >= 0.3 is 5.97 Å². The van der Waals surface area contributed by atoms with E-state index in [1.54, 1.807) is 25.2 Å². The van der Waals surface area contributed by atoms with Gasteiger partial charge in [0.15, 0.2) is 0 Å². The molecule has 0 bridgehead atoms. The Kier molecular flexibility index (Phi) is 2.82. The second-order valence-electron chi connectivity index (χ2n) is 4.05. The van der Waals surface area contributed by atoms with Crippen LogP contribution in [0.15, 0.2) is 23.0 Å². The molecule has 2 rings (SSSR count). The molecule has 5 nitrogen and oxygen atoms in total. The number of rotatable bonds is 2. The van der Waals surface area contributed by atoms with Crippen LogP contribution in [0.5, 0.6) is 5.75 Å². The number of nitrogens with zero attached hydrogens (tertiary/aromatic N) is 1. The van der Waals surface area contributed by atoms with Crippen LogP contribution in [-0.4, -0.2) is 22.8 Å². The number of ether oxygens (including phenoxy) is 1. The molecule has 5 heteroatoms. The van der Waals surface area contributed by atoms with Crippen molar-refractivity contribution >= 4 is 16.9 Å². The Hall–Kier alpha value is -2.30. The number of carbonyl (C=O) groups is 1. The van der Waals surface area contributed by atoms with Crippen LogP contribution < -0.4 is 10.3 Å². The topological polar surface area (TPSA) is 68.5 Å². The molecule has 1 aromatic heterocycles. The van der Waals surface area contributed by atoms with Crippen LogP contribution in [-0.2, 0) is 7.05 Å². The van der Waals surface area contributed by atoms with Crippen LogP contribution in [0.1, 0.15) is 15.9 Å². The highest BCUT2D eigenvalue weighted by Crippen LogP contribution is 2.23. The Bertz CT molecular complexity index is 700. The van der Waals surface area contributed by atoms with Crippen LogP contribution in [0.3, 0.4) is 0 Å². The number of hydrogen-bond donors (Lipinski definition) is 1. The lowest BCUT2D eigenvalue weighted by Crippen LogP contribution is -2.23. The third-order valence-corrected chi connectivity index (χ3v) is 3.05. The fraction of sp³-hybridized carbons (Fsp3) is 0.231. The Balaban J connectivity index is 3.01. The number of carboxylic acids is 1. The first-order valence-corrected chi connectivity index (χ1v) is 5.38. The molecular formula is C13H13NO4. The summed E-state index contributed by atoms with van der Waals surface area (Å²) in [6.07, 6.45) is 0. The van der Waals surface area contributed by atoms with Crippen LogP contribution >= 0.6 is 0 Å². The lowest BCUT2D eigenvalue weighted by atomic mass is 10.0. The van der Waals surface area contributed by atoms with Gasteiger partial charge in [-0.2, -0.15) is 0 Å². The first-order valence-electron chi connectivity index (χ1n) is 5.38. The molecule has 0 atom stereocenters. The van der Waals surface area contributed by atoms with Crippen molar-refractivity contribution < 1.29 is 14.6 Å². The zero-order valence-corrected chi connectivity index (χ0v) is 10.4. The second kappa shape index (κ2) is 4.18. The Morgan fingerprint density at radius 1 is 1.39 bits per heavy atom. The van der Waals surface area contributed by atoms with Gasteiger partial charge < -0.3 is 14.4 Å². The van der Waals surface area contributed by atoms with Gasteiger partial charge in [-0.25, -0.2) is 4.79 Å². The number of aromatic carboxylic acids is 1. The van der Waals surface area contributed by atoms with E-state index in [9.17, 15) is 14.7 Å². The summed E-state index contributed by atoms with van der Waals surface area (Å²) in [4.78, 5) is 23.2. The Morgan fingerprint density at radius 3 is 2.61 bits per heavy atom. The molecular weight excluding hydrogens is 234 g/mol. The maximum atomic E-state index is 12.0. The molecule has 0 aliphatic rings. The van der Waals surface area contributed by atoms with Crippen molar-refractivity contribution in [2.75, 3.05) is 7.11 Å². The Morgan fingerprint density at radius 2 is 2.06 bits per heavy atom. The molecule has 2 aromatic rings. The summed E-state index contributed by atoms with van der Waals surface area (Å²) in [7, 11) is 3.13. The average Bonchev–Trinajstić information content (AvgIpc) is 2.35. The van der Waals surface area contributed by atoms with E-state index in [0.717, 1.165) is 0 Å². The van der Waals surface area contributed by atoms with Crippen molar-refractivity contribution in [2.24, 2.45) is 7.05 Å². The minimum atomic E-state index is -1.10. The van der Waals surface area contributed by atoms with E-state index in [1.807, 2.05) is 0 Å². The highest BCUT2D eigenvalue weighted by Gasteiger charge is 2.17. The third kappa shape index (κ3) is 1.64. The molecule has 0 spiro atoms. The maximum Gasteiger partial charge on any atom is 0.336 e. The Labute approximate surface area is 103 Å². The normalized spacial score (nSPS) is 10.6. The molecule has 94 valence electrons. The number of aromatic nitrogens is 1. The zero-order chi connectivity index (χ0) is 13.4. The van der Waals surface area contributed by atoms with Gasteiger partial charge in [0.25, 0.3) is 5.56 Å². The fourth-order valence-electron chi connectivity index (χ4n) is 2.07. The molecule has 0 radical (unpaired) electrons. The molecule has 0 amide bonds. The number of carboxylic acid groups (broad SMARTS) is 1. The van der Waals surface area contributed by atoms with Crippen LogP contribution in [0.2, 0.25) is 0 Å². The van der Waals surface area contributed by atoms with Gasteiger partial charge in [0.1, 0.15) is 5.75 Å². The molecule has 1 N–H and O–H groups in total. The van der Waals surface area contributed by atoms with Gasteiger partial charge in [-0.3, -0.25) is 4.79 Å². The lowest BCUT2D eigenvalue weighted by Gasteiger charge is -2.11. The molecule has 1 aromatic carbocycles. The number of methoxy groups -OCH3 is 1. The van der Waals surface area contributed by atoms with Gasteiger partial charge in [0.2, 0.25) is 0 Å². The van der Waals surface area contributed by atoms with Gasteiger partial charge in [-0.15, -0.1) is 0 Å². The number of aryl methyl sites for hydroxylation is 1. The zero-order valence-electron chi connectivity index (χ0n) is 10.4. The van der Waals surface area contributed by atoms with E-state index in [4.69, 9.17) is 4.74 Å². The van der Waals surface area contributed by atoms with Crippen LogP contribution in [0.4, 0.5) is 0 Å². The van der Waals surface area contributed by atoms with Gasteiger partial charge in [0.05, 0.1) is 18.2 Å². The van der Waals surface area contributed by atoms with E-state index in [0.29, 0.717) is 16.7 Å². The maximum absolute atomic E-state index is 12.0. The molecule has 0 aliphatic heterocycles. The highest BCUT2D eigenvalue weighted by atomic mass is 16.5. The summed E-state index contributed by atoms with van der Waals surface area (Å²) < 4.78 is 6.52. The van der Waals surface area contributed by atoms with E-state index < -0.39 is 5.97 Å². The number of hydrogen-bond acceptors (Lipinski definition) is 3. The van der Waals surface area contributed by atoms with Crippen molar-refractivity contribution in [1.29, 1.82) is 0 Å². The van der Waals surface area contributed by atoms with E-state index in [1.165, 1.54) is 18.6 Å². The van der Waals surface area contributed by atoms with Crippen molar-refractivity contribution in [3.05, 3.63) is 39.7 Å². The molecule has 18 heavy (non-hydrogen) atoms. The average molecular weight is 247 g/mol. The molecule has 0 aliphatic carbocycles. The summed E-state index contributed by atoms with van der Waals surface area (Å²) in [6, 6.07) is 4.99. The minimum Gasteiger partial charge on any atom is -0.497 e. The van der Waals surface area contributed by atoms with E-state index in [-0.39, 0.29) is 16.7 Å². The van der Waals surface area contributed by atoms with E-state index >= 15 is 0 Å². The predicted molar refractivity (Wildman–Crippen MR) is 67.4 cm³/mol. The summed E-state index contributed by atoms with van der Waals surface area (Å²) in [6.45, 7) is 1.52.